The zero-order chi connectivity index (χ0) is 16.4. The number of hydrogen-bond acceptors (Lipinski definition) is 3. The normalized spacial score (nSPS) is 10.6. The Labute approximate surface area is 132 Å². The summed E-state index contributed by atoms with van der Waals surface area (Å²) >= 11 is 0. The van der Waals surface area contributed by atoms with E-state index in [1.54, 1.807) is 17.7 Å². The molecule has 3 aromatic rings. The van der Waals surface area contributed by atoms with Crippen LogP contribution in [0.25, 0.3) is 5.69 Å². The molecule has 0 aliphatic rings. The summed E-state index contributed by atoms with van der Waals surface area (Å²) in [5, 5.41) is 6.81. The van der Waals surface area contributed by atoms with E-state index in [2.05, 4.69) is 15.4 Å². The molecule has 0 atom stereocenters. The van der Waals surface area contributed by atoms with E-state index >= 15 is 0 Å². The highest BCUT2D eigenvalue weighted by molar-refractivity contribution is 6.01. The molecule has 0 aliphatic carbocycles. The number of halogens is 1. The molecule has 6 heteroatoms. The standard InChI is InChI=1S/C17H15FN4O/c1-11-6-8-15(9-7-11)22-12(2)19-16(21-22)17(23)20-14-5-3-4-13(18)10-14/h3-10H,1-2H3,(H,20,23). The van der Waals surface area contributed by atoms with Gasteiger partial charge in [0, 0.05) is 5.69 Å². The number of carbonyl (C=O) groups is 1. The van der Waals surface area contributed by atoms with E-state index in [0.29, 0.717) is 11.5 Å². The number of benzene rings is 2. The second-order valence-corrected chi connectivity index (χ2v) is 5.19. The molecule has 2 aromatic carbocycles. The molecule has 0 fully saturated rings. The molecule has 1 aromatic heterocycles. The minimum atomic E-state index is -0.482. The summed E-state index contributed by atoms with van der Waals surface area (Å²) in [6.45, 7) is 3.77. The van der Waals surface area contributed by atoms with Crippen molar-refractivity contribution in [3.63, 3.8) is 0 Å². The first-order valence-corrected chi connectivity index (χ1v) is 7.10. The Kier molecular flexibility index (Phi) is 3.89. The van der Waals surface area contributed by atoms with Crippen LogP contribution in [0, 0.1) is 19.7 Å². The van der Waals surface area contributed by atoms with E-state index in [1.165, 1.54) is 18.2 Å². The molecule has 116 valence electrons. The number of aryl methyl sites for hydroxylation is 2. The molecular formula is C17H15FN4O. The lowest BCUT2D eigenvalue weighted by Crippen LogP contribution is -2.14. The van der Waals surface area contributed by atoms with Crippen molar-refractivity contribution in [1.82, 2.24) is 14.8 Å². The average molecular weight is 310 g/mol. The molecule has 0 radical (unpaired) electrons. The lowest BCUT2D eigenvalue weighted by atomic mass is 10.2. The largest absolute Gasteiger partial charge is 0.319 e. The van der Waals surface area contributed by atoms with Crippen molar-refractivity contribution in [2.75, 3.05) is 5.32 Å². The summed E-state index contributed by atoms with van der Waals surface area (Å²) in [5.74, 6) is -0.271. The molecule has 3 rings (SSSR count). The summed E-state index contributed by atoms with van der Waals surface area (Å²) in [6.07, 6.45) is 0. The van der Waals surface area contributed by atoms with Crippen molar-refractivity contribution in [2.45, 2.75) is 13.8 Å². The summed E-state index contributed by atoms with van der Waals surface area (Å²) in [5.41, 5.74) is 2.32. The van der Waals surface area contributed by atoms with Crippen LogP contribution < -0.4 is 5.32 Å². The summed E-state index contributed by atoms with van der Waals surface area (Å²) in [4.78, 5) is 16.4. The van der Waals surface area contributed by atoms with Crippen molar-refractivity contribution < 1.29 is 9.18 Å². The fourth-order valence-corrected chi connectivity index (χ4v) is 2.17. The van der Waals surface area contributed by atoms with Crippen molar-refractivity contribution in [3.8, 4) is 5.69 Å². The van der Waals surface area contributed by atoms with Gasteiger partial charge in [0.1, 0.15) is 11.6 Å². The number of nitrogens with one attached hydrogen (secondary N) is 1. The van der Waals surface area contributed by atoms with Crippen molar-refractivity contribution in [2.24, 2.45) is 0 Å². The first-order valence-electron chi connectivity index (χ1n) is 7.10. The molecular weight excluding hydrogens is 295 g/mol. The van der Waals surface area contributed by atoms with Gasteiger partial charge in [0.2, 0.25) is 5.82 Å². The van der Waals surface area contributed by atoms with Crippen molar-refractivity contribution in [3.05, 3.63) is 71.6 Å². The summed E-state index contributed by atoms with van der Waals surface area (Å²) in [6, 6.07) is 13.4. The van der Waals surface area contributed by atoms with Gasteiger partial charge in [-0.25, -0.2) is 14.1 Å². The molecule has 0 aliphatic heterocycles. The summed E-state index contributed by atoms with van der Waals surface area (Å²) < 4.78 is 14.8. The van der Waals surface area contributed by atoms with Crippen LogP contribution in [0.1, 0.15) is 22.0 Å². The predicted molar refractivity (Wildman–Crippen MR) is 85.2 cm³/mol. The molecule has 1 amide bonds. The Balaban J connectivity index is 1.85. The minimum Gasteiger partial charge on any atom is -0.319 e. The van der Waals surface area contributed by atoms with Gasteiger partial charge in [-0.05, 0) is 44.2 Å². The topological polar surface area (TPSA) is 59.8 Å². The zero-order valence-corrected chi connectivity index (χ0v) is 12.7. The lowest BCUT2D eigenvalue weighted by Gasteiger charge is -2.03. The van der Waals surface area contributed by atoms with E-state index in [0.717, 1.165) is 11.3 Å². The third-order valence-electron chi connectivity index (χ3n) is 3.33. The molecule has 1 heterocycles. The zero-order valence-electron chi connectivity index (χ0n) is 12.7. The molecule has 0 saturated carbocycles. The van der Waals surface area contributed by atoms with Crippen LogP contribution >= 0.6 is 0 Å². The SMILES string of the molecule is Cc1ccc(-n2nc(C(=O)Nc3cccc(F)c3)nc2C)cc1. The fourth-order valence-electron chi connectivity index (χ4n) is 2.17. The van der Waals surface area contributed by atoms with Gasteiger partial charge < -0.3 is 5.32 Å². The molecule has 0 saturated heterocycles. The van der Waals surface area contributed by atoms with Crippen LogP contribution in [-0.4, -0.2) is 20.7 Å². The second kappa shape index (κ2) is 6.00. The summed E-state index contributed by atoms with van der Waals surface area (Å²) in [7, 11) is 0. The van der Waals surface area contributed by atoms with Gasteiger partial charge in [-0.2, -0.15) is 0 Å². The number of rotatable bonds is 3. The van der Waals surface area contributed by atoms with E-state index < -0.39 is 11.7 Å². The molecule has 0 bridgehead atoms. The number of nitrogens with zero attached hydrogens (tertiary/aromatic N) is 3. The molecule has 5 nitrogen and oxygen atoms in total. The monoisotopic (exact) mass is 310 g/mol. The molecule has 23 heavy (non-hydrogen) atoms. The average Bonchev–Trinajstić information content (AvgIpc) is 2.90. The smallest absolute Gasteiger partial charge is 0.295 e. The van der Waals surface area contributed by atoms with Gasteiger partial charge in [-0.1, -0.05) is 23.8 Å². The van der Waals surface area contributed by atoms with Crippen LogP contribution in [0.5, 0.6) is 0 Å². The number of aromatic nitrogens is 3. The van der Waals surface area contributed by atoms with Gasteiger partial charge >= 0.3 is 0 Å². The van der Waals surface area contributed by atoms with E-state index in [9.17, 15) is 9.18 Å². The highest BCUT2D eigenvalue weighted by Crippen LogP contribution is 2.13. The Morgan fingerprint density at radius 1 is 1.13 bits per heavy atom. The van der Waals surface area contributed by atoms with E-state index in [4.69, 9.17) is 0 Å². The third kappa shape index (κ3) is 3.26. The van der Waals surface area contributed by atoms with Crippen molar-refractivity contribution in [1.29, 1.82) is 0 Å². The van der Waals surface area contributed by atoms with Gasteiger partial charge in [0.25, 0.3) is 5.91 Å². The van der Waals surface area contributed by atoms with Gasteiger partial charge in [-0.15, -0.1) is 5.10 Å². The maximum atomic E-state index is 13.2. The molecule has 0 spiro atoms. The van der Waals surface area contributed by atoms with Gasteiger partial charge in [-0.3, -0.25) is 4.79 Å². The van der Waals surface area contributed by atoms with Crippen LogP contribution in [0.2, 0.25) is 0 Å². The van der Waals surface area contributed by atoms with Crippen LogP contribution in [0.15, 0.2) is 48.5 Å². The van der Waals surface area contributed by atoms with Gasteiger partial charge in [0.15, 0.2) is 0 Å². The Hall–Kier alpha value is -3.02. The highest BCUT2D eigenvalue weighted by atomic mass is 19.1. The lowest BCUT2D eigenvalue weighted by molar-refractivity contribution is 0.101. The quantitative estimate of drug-likeness (QED) is 0.807. The Morgan fingerprint density at radius 2 is 1.87 bits per heavy atom. The number of anilines is 1. The number of amides is 1. The molecule has 0 unspecified atom stereocenters. The maximum Gasteiger partial charge on any atom is 0.295 e. The minimum absolute atomic E-state index is 0.0346. The predicted octanol–water partition coefficient (Wildman–Crippen LogP) is 3.28. The van der Waals surface area contributed by atoms with E-state index in [-0.39, 0.29) is 5.82 Å². The highest BCUT2D eigenvalue weighted by Gasteiger charge is 2.15. The first kappa shape index (κ1) is 14.9. The van der Waals surface area contributed by atoms with Crippen LogP contribution in [0.4, 0.5) is 10.1 Å². The van der Waals surface area contributed by atoms with Crippen molar-refractivity contribution >= 4 is 11.6 Å². The number of hydrogen-bond donors (Lipinski definition) is 1. The van der Waals surface area contributed by atoms with Gasteiger partial charge in [0.05, 0.1) is 5.69 Å². The third-order valence-corrected chi connectivity index (χ3v) is 3.33. The fraction of sp³-hybridized carbons (Fsp3) is 0.118. The number of carbonyl (C=O) groups excluding carboxylic acids is 1. The maximum absolute atomic E-state index is 13.2. The first-order chi connectivity index (χ1) is 11.0. The Bertz CT molecular complexity index is 855. The second-order valence-electron chi connectivity index (χ2n) is 5.19. The van der Waals surface area contributed by atoms with Crippen LogP contribution in [0.3, 0.4) is 0 Å². The Morgan fingerprint density at radius 3 is 2.57 bits per heavy atom. The van der Waals surface area contributed by atoms with E-state index in [1.807, 2.05) is 31.2 Å². The molecule has 1 N–H and O–H groups in total. The van der Waals surface area contributed by atoms with Crippen LogP contribution in [-0.2, 0) is 0 Å².